The quantitative estimate of drug-likeness (QED) is 0.0548. The number of guanidine groups is 1. The van der Waals surface area contributed by atoms with E-state index in [1.165, 1.54) is 12.5 Å². The molecule has 2 heterocycles. The molecule has 0 saturated heterocycles. The molecule has 15 nitrogen and oxygen atoms in total. The Morgan fingerprint density at radius 1 is 0.955 bits per heavy atom. The van der Waals surface area contributed by atoms with Gasteiger partial charge in [-0.3, -0.25) is 19.4 Å². The lowest BCUT2D eigenvalue weighted by Crippen LogP contribution is -2.57. The smallest absolute Gasteiger partial charge is 0.326 e. The fraction of sp³-hybridized carbons (Fsp3) is 0.448. The summed E-state index contributed by atoms with van der Waals surface area (Å²) in [5, 5.41) is 18.6. The number of H-pyrrole nitrogens is 2. The Kier molecular flexibility index (Phi) is 12.3. The largest absolute Gasteiger partial charge is 0.480 e. The number of aromatic amines is 2. The number of hydrogen-bond acceptors (Lipinski definition) is 7. The van der Waals surface area contributed by atoms with E-state index in [0.29, 0.717) is 12.1 Å². The summed E-state index contributed by atoms with van der Waals surface area (Å²) in [5.74, 6) is -3.20. The predicted molar refractivity (Wildman–Crippen MR) is 165 cm³/mol. The Morgan fingerprint density at radius 2 is 1.64 bits per heavy atom. The van der Waals surface area contributed by atoms with E-state index in [2.05, 4.69) is 35.9 Å². The van der Waals surface area contributed by atoms with E-state index in [0.717, 1.165) is 16.5 Å². The zero-order chi connectivity index (χ0) is 32.2. The van der Waals surface area contributed by atoms with E-state index in [-0.39, 0.29) is 44.1 Å². The molecule has 0 bridgehead atoms. The van der Waals surface area contributed by atoms with Crippen LogP contribution < -0.4 is 33.2 Å². The van der Waals surface area contributed by atoms with Gasteiger partial charge in [-0.15, -0.1) is 0 Å². The summed E-state index contributed by atoms with van der Waals surface area (Å²) in [6.07, 6.45) is 5.55. The highest BCUT2D eigenvalue weighted by molar-refractivity contribution is 5.94. The molecule has 0 fully saturated rings. The average molecular weight is 611 g/mol. The zero-order valence-electron chi connectivity index (χ0n) is 24.9. The van der Waals surface area contributed by atoms with Crippen LogP contribution in [0.15, 0.2) is 48.0 Å². The summed E-state index contributed by atoms with van der Waals surface area (Å²) >= 11 is 0. The summed E-state index contributed by atoms with van der Waals surface area (Å²) in [4.78, 5) is 65.6. The second-order valence-electron chi connectivity index (χ2n) is 11.1. The maximum Gasteiger partial charge on any atom is 0.326 e. The summed E-state index contributed by atoms with van der Waals surface area (Å²) in [6.45, 7) is 3.97. The molecule has 4 unspecified atom stereocenters. The normalized spacial score (nSPS) is 13.9. The van der Waals surface area contributed by atoms with Crippen molar-refractivity contribution in [2.45, 2.75) is 70.1 Å². The number of rotatable bonds is 17. The Morgan fingerprint density at radius 3 is 2.30 bits per heavy atom. The predicted octanol–water partition coefficient (Wildman–Crippen LogP) is -0.358. The third-order valence-electron chi connectivity index (χ3n) is 6.96. The Hall–Kier alpha value is -4.92. The second-order valence-corrected chi connectivity index (χ2v) is 11.1. The van der Waals surface area contributed by atoms with E-state index in [1.54, 1.807) is 6.20 Å². The highest BCUT2D eigenvalue weighted by Gasteiger charge is 2.31. The molecule has 238 valence electrons. The van der Waals surface area contributed by atoms with E-state index in [4.69, 9.17) is 17.2 Å². The molecule has 12 N–H and O–H groups in total. The molecule has 0 aliphatic rings. The fourth-order valence-corrected chi connectivity index (χ4v) is 4.75. The Labute approximate surface area is 254 Å². The van der Waals surface area contributed by atoms with Crippen LogP contribution in [0.2, 0.25) is 0 Å². The third kappa shape index (κ3) is 10.1. The molecule has 4 atom stereocenters. The van der Waals surface area contributed by atoms with Gasteiger partial charge in [-0.25, -0.2) is 9.78 Å². The van der Waals surface area contributed by atoms with Crippen LogP contribution in [0.4, 0.5) is 0 Å². The summed E-state index contributed by atoms with van der Waals surface area (Å²) in [7, 11) is 0. The van der Waals surface area contributed by atoms with Gasteiger partial charge >= 0.3 is 5.97 Å². The van der Waals surface area contributed by atoms with E-state index in [1.807, 2.05) is 38.1 Å². The van der Waals surface area contributed by atoms with Crippen molar-refractivity contribution in [3.63, 3.8) is 0 Å². The summed E-state index contributed by atoms with van der Waals surface area (Å²) in [5.41, 5.74) is 19.3. The summed E-state index contributed by atoms with van der Waals surface area (Å²) in [6, 6.07) is 3.31. The first-order valence-corrected chi connectivity index (χ1v) is 14.4. The monoisotopic (exact) mass is 610 g/mol. The fourth-order valence-electron chi connectivity index (χ4n) is 4.75. The van der Waals surface area contributed by atoms with Gasteiger partial charge in [0.1, 0.15) is 18.1 Å². The molecule has 2 aromatic heterocycles. The number of nitrogens with two attached hydrogens (primary N) is 3. The molecule has 1 aromatic carbocycles. The van der Waals surface area contributed by atoms with Gasteiger partial charge in [-0.1, -0.05) is 32.0 Å². The first-order valence-electron chi connectivity index (χ1n) is 14.4. The lowest BCUT2D eigenvalue weighted by Gasteiger charge is -2.26. The number of amides is 3. The van der Waals surface area contributed by atoms with Crippen molar-refractivity contribution >= 4 is 40.6 Å². The maximum absolute atomic E-state index is 13.5. The molecule has 3 amide bonds. The standard InChI is InChI=1S/C29H42N10O5/c1-16(2)10-23(38-25(40)20(30)11-17-13-35-21-7-4-3-6-19(17)21)27(42)37-22(8-5-9-34-29(31)32)26(41)39-24(28(43)44)12-18-14-33-15-36-18/h3-4,6-7,13-16,20,22-24,35H,5,8-12,30H2,1-2H3,(H,33,36)(H,37,42)(H,38,40)(H,39,41)(H,43,44)(H4,31,32,34). The van der Waals surface area contributed by atoms with Crippen LogP contribution in [0.1, 0.15) is 44.4 Å². The number of carboxylic acid groups (broad SMARTS) is 1. The Balaban J connectivity index is 1.71. The first-order chi connectivity index (χ1) is 20.9. The molecule has 3 aromatic rings. The number of hydrogen-bond donors (Lipinski definition) is 9. The SMILES string of the molecule is CC(C)CC(NC(=O)C(N)Cc1c[nH]c2ccccc12)C(=O)NC(CCCN=C(N)N)C(=O)NC(Cc1cnc[nH]1)C(=O)O. The number of benzene rings is 1. The minimum Gasteiger partial charge on any atom is -0.480 e. The molecule has 15 heteroatoms. The number of imidazole rings is 1. The number of aliphatic imine (C=N–C) groups is 1. The van der Waals surface area contributed by atoms with E-state index >= 15 is 0 Å². The number of carboxylic acids is 1. The van der Waals surface area contributed by atoms with Gasteiger partial charge in [0, 0.05) is 42.0 Å². The lowest BCUT2D eigenvalue weighted by atomic mass is 10.0. The van der Waals surface area contributed by atoms with Crippen molar-refractivity contribution in [3.8, 4) is 0 Å². The van der Waals surface area contributed by atoms with Crippen LogP contribution in [0, 0.1) is 5.92 Å². The highest BCUT2D eigenvalue weighted by atomic mass is 16.4. The number of para-hydroxylation sites is 1. The minimum absolute atomic E-state index is 0.0100. The van der Waals surface area contributed by atoms with E-state index in [9.17, 15) is 24.3 Å². The number of nitrogens with one attached hydrogen (secondary N) is 5. The van der Waals surface area contributed by atoms with Crippen molar-refractivity contribution in [3.05, 3.63) is 54.2 Å². The second kappa shape index (κ2) is 16.1. The van der Waals surface area contributed by atoms with Crippen LogP contribution in [0.5, 0.6) is 0 Å². The number of aromatic nitrogens is 3. The number of nitrogens with zero attached hydrogens (tertiary/aromatic N) is 2. The van der Waals surface area contributed by atoms with Gasteiger partial charge in [0.05, 0.1) is 12.4 Å². The van der Waals surface area contributed by atoms with Gasteiger partial charge in [0.25, 0.3) is 0 Å². The highest BCUT2D eigenvalue weighted by Crippen LogP contribution is 2.19. The van der Waals surface area contributed by atoms with Gasteiger partial charge < -0.3 is 48.2 Å². The van der Waals surface area contributed by atoms with Gasteiger partial charge in [-0.05, 0) is 43.2 Å². The first kappa shape index (κ1) is 33.6. The molecule has 3 rings (SSSR count). The van der Waals surface area contributed by atoms with Crippen molar-refractivity contribution in [2.24, 2.45) is 28.1 Å². The third-order valence-corrected chi connectivity index (χ3v) is 6.96. The number of carbonyl (C=O) groups is 4. The van der Waals surface area contributed by atoms with Crippen LogP contribution in [-0.4, -0.2) is 80.4 Å². The molecule has 44 heavy (non-hydrogen) atoms. The maximum atomic E-state index is 13.5. The number of fused-ring (bicyclic) bond motifs is 1. The molecule has 0 aliphatic carbocycles. The minimum atomic E-state index is -1.28. The van der Waals surface area contributed by atoms with Gasteiger partial charge in [0.15, 0.2) is 5.96 Å². The van der Waals surface area contributed by atoms with Crippen LogP contribution >= 0.6 is 0 Å². The van der Waals surface area contributed by atoms with Crippen molar-refractivity contribution in [1.29, 1.82) is 0 Å². The van der Waals surface area contributed by atoms with E-state index < -0.39 is 47.9 Å². The average Bonchev–Trinajstić information content (AvgIpc) is 3.63. The molecular weight excluding hydrogens is 568 g/mol. The number of carbonyl (C=O) groups excluding carboxylic acids is 3. The molecule has 0 saturated carbocycles. The lowest BCUT2D eigenvalue weighted by molar-refractivity contribution is -0.142. The van der Waals surface area contributed by atoms with Crippen molar-refractivity contribution in [1.82, 2.24) is 30.9 Å². The molecule has 0 aliphatic heterocycles. The van der Waals surface area contributed by atoms with Gasteiger partial charge in [-0.2, -0.15) is 0 Å². The van der Waals surface area contributed by atoms with Crippen LogP contribution in [0.25, 0.3) is 10.9 Å². The van der Waals surface area contributed by atoms with Gasteiger partial charge in [0.2, 0.25) is 17.7 Å². The zero-order valence-corrected chi connectivity index (χ0v) is 24.9. The Bertz CT molecular complexity index is 1430. The van der Waals surface area contributed by atoms with Crippen molar-refractivity contribution < 1.29 is 24.3 Å². The number of aliphatic carboxylic acids is 1. The molecule has 0 radical (unpaired) electrons. The molecular formula is C29H42N10O5. The molecule has 0 spiro atoms. The topological polar surface area (TPSA) is 259 Å². The van der Waals surface area contributed by atoms with Crippen molar-refractivity contribution in [2.75, 3.05) is 6.54 Å². The van der Waals surface area contributed by atoms with Crippen LogP contribution in [0.3, 0.4) is 0 Å². The summed E-state index contributed by atoms with van der Waals surface area (Å²) < 4.78 is 0. The van der Waals surface area contributed by atoms with Crippen LogP contribution in [-0.2, 0) is 32.0 Å².